The summed E-state index contributed by atoms with van der Waals surface area (Å²) in [6.45, 7) is 0. The highest BCUT2D eigenvalue weighted by molar-refractivity contribution is 6.58. The Bertz CT molecular complexity index is 796. The molecule has 3 rings (SSSR count). The van der Waals surface area contributed by atoms with Gasteiger partial charge in [0.2, 0.25) is 0 Å². The number of rotatable bonds is 6. The second-order valence-corrected chi connectivity index (χ2v) is 5.35. The summed E-state index contributed by atoms with van der Waals surface area (Å²) >= 11 is 0. The Hall–Kier alpha value is -2.73. The lowest BCUT2D eigenvalue weighted by atomic mass is 9.80. The van der Waals surface area contributed by atoms with E-state index in [0.717, 1.165) is 17.1 Å². The fraction of sp³-hybridized carbons (Fsp3) is 0. The van der Waals surface area contributed by atoms with Crippen LogP contribution in [0.2, 0.25) is 0 Å². The Labute approximate surface area is 147 Å². The lowest BCUT2D eigenvalue weighted by molar-refractivity contribution is 0.426. The lowest BCUT2D eigenvalue weighted by Gasteiger charge is -2.25. The Kier molecular flexibility index (Phi) is 5.40. The first-order chi connectivity index (χ1) is 12.2. The van der Waals surface area contributed by atoms with Crippen molar-refractivity contribution in [3.8, 4) is 5.75 Å². The number of para-hydroxylation sites is 1. The molecule has 1 radical (unpaired) electrons. The summed E-state index contributed by atoms with van der Waals surface area (Å²) < 4.78 is 4.95. The van der Waals surface area contributed by atoms with Crippen LogP contribution in [-0.4, -0.2) is 29.9 Å². The topological polar surface area (TPSA) is 73.2 Å². The van der Waals surface area contributed by atoms with Crippen LogP contribution in [-0.2, 0) is 0 Å². The fourth-order valence-electron chi connectivity index (χ4n) is 2.55. The van der Waals surface area contributed by atoms with Crippen molar-refractivity contribution in [2.24, 2.45) is 0 Å². The molecule has 5 nitrogen and oxygen atoms in total. The minimum Gasteiger partial charge on any atom is -0.537 e. The standard InChI is InChI=1S/C18H16B2NO4/c22-19-25-18-12-10-17(11-13-18)21(15-4-2-1-3-5-15)16-8-6-14(7-9-16)20(23)24/h1-13,22-24H. The zero-order chi connectivity index (χ0) is 17.6. The van der Waals surface area contributed by atoms with Gasteiger partial charge in [-0.1, -0.05) is 30.3 Å². The molecule has 0 unspecified atom stereocenters. The molecule has 0 fully saturated rings. The van der Waals surface area contributed by atoms with E-state index in [4.69, 9.17) is 9.68 Å². The molecule has 3 N–H and O–H groups in total. The van der Waals surface area contributed by atoms with Gasteiger partial charge in [-0.05, 0) is 54.0 Å². The molecule has 0 saturated carbocycles. The van der Waals surface area contributed by atoms with Crippen molar-refractivity contribution >= 4 is 37.3 Å². The minimum atomic E-state index is -1.50. The van der Waals surface area contributed by atoms with Crippen molar-refractivity contribution in [3.05, 3.63) is 78.9 Å². The highest BCUT2D eigenvalue weighted by Gasteiger charge is 2.15. The molecule has 0 aliphatic rings. The summed E-state index contributed by atoms with van der Waals surface area (Å²) in [6, 6.07) is 24.1. The molecule has 0 heterocycles. The van der Waals surface area contributed by atoms with Crippen molar-refractivity contribution in [1.82, 2.24) is 0 Å². The first-order valence-electron chi connectivity index (χ1n) is 7.73. The summed E-state index contributed by atoms with van der Waals surface area (Å²) in [4.78, 5) is 2.03. The van der Waals surface area contributed by atoms with Crippen LogP contribution in [0, 0.1) is 0 Å². The van der Waals surface area contributed by atoms with Crippen LogP contribution in [0.25, 0.3) is 0 Å². The lowest BCUT2D eigenvalue weighted by Crippen LogP contribution is -2.29. The first-order valence-corrected chi connectivity index (χ1v) is 7.73. The van der Waals surface area contributed by atoms with E-state index in [9.17, 15) is 10.0 Å². The molecule has 25 heavy (non-hydrogen) atoms. The van der Waals surface area contributed by atoms with Gasteiger partial charge in [0.1, 0.15) is 5.75 Å². The van der Waals surface area contributed by atoms with Crippen molar-refractivity contribution < 1.29 is 19.7 Å². The van der Waals surface area contributed by atoms with Gasteiger partial charge in [0.15, 0.2) is 0 Å². The van der Waals surface area contributed by atoms with E-state index in [1.54, 1.807) is 24.3 Å². The van der Waals surface area contributed by atoms with E-state index in [-0.39, 0.29) is 0 Å². The second kappa shape index (κ2) is 7.90. The molecule has 0 aromatic heterocycles. The number of benzene rings is 3. The normalized spacial score (nSPS) is 10.2. The highest BCUT2D eigenvalue weighted by Crippen LogP contribution is 2.34. The summed E-state index contributed by atoms with van der Waals surface area (Å²) in [7, 11) is -0.853. The SMILES string of the molecule is O[B]Oc1ccc(N(c2ccccc2)c2ccc(B(O)O)cc2)cc1. The van der Waals surface area contributed by atoms with Crippen molar-refractivity contribution in [3.63, 3.8) is 0 Å². The summed E-state index contributed by atoms with van der Waals surface area (Å²) in [5.41, 5.74) is 3.16. The Balaban J connectivity index is 2.01. The number of hydrogen-bond acceptors (Lipinski definition) is 5. The van der Waals surface area contributed by atoms with Crippen LogP contribution in [0.3, 0.4) is 0 Å². The molecule has 0 aliphatic heterocycles. The van der Waals surface area contributed by atoms with Gasteiger partial charge < -0.3 is 24.6 Å². The average molecular weight is 332 g/mol. The molecule has 0 atom stereocenters. The number of hydrogen-bond donors (Lipinski definition) is 3. The Morgan fingerprint density at radius 3 is 1.76 bits per heavy atom. The van der Waals surface area contributed by atoms with E-state index in [1.165, 1.54) is 0 Å². The smallest absolute Gasteiger partial charge is 0.537 e. The fourth-order valence-corrected chi connectivity index (χ4v) is 2.55. The van der Waals surface area contributed by atoms with Crippen LogP contribution in [0.5, 0.6) is 5.75 Å². The molecule has 0 amide bonds. The molecule has 0 spiro atoms. The van der Waals surface area contributed by atoms with Gasteiger partial charge in [-0.25, -0.2) is 0 Å². The highest BCUT2D eigenvalue weighted by atomic mass is 16.5. The van der Waals surface area contributed by atoms with E-state index in [2.05, 4.69) is 0 Å². The zero-order valence-corrected chi connectivity index (χ0v) is 13.4. The van der Waals surface area contributed by atoms with Crippen LogP contribution >= 0.6 is 0 Å². The molecule has 0 bridgehead atoms. The van der Waals surface area contributed by atoms with E-state index in [0.29, 0.717) is 18.9 Å². The van der Waals surface area contributed by atoms with Gasteiger partial charge in [0.05, 0.1) is 0 Å². The maximum Gasteiger partial charge on any atom is 0.569 e. The van der Waals surface area contributed by atoms with E-state index in [1.807, 2.05) is 59.5 Å². The van der Waals surface area contributed by atoms with Crippen LogP contribution < -0.4 is 15.0 Å². The third-order valence-corrected chi connectivity index (χ3v) is 3.75. The van der Waals surface area contributed by atoms with E-state index < -0.39 is 7.12 Å². The first kappa shape index (κ1) is 17.1. The number of anilines is 3. The Morgan fingerprint density at radius 1 is 0.720 bits per heavy atom. The molecular formula is C18H16B2NO4. The maximum absolute atomic E-state index is 9.27. The van der Waals surface area contributed by atoms with Crippen molar-refractivity contribution in [2.45, 2.75) is 0 Å². The molecule has 0 aliphatic carbocycles. The van der Waals surface area contributed by atoms with Crippen molar-refractivity contribution in [2.75, 3.05) is 4.90 Å². The minimum absolute atomic E-state index is 0.430. The summed E-state index contributed by atoms with van der Waals surface area (Å²) in [5.74, 6) is 0.526. The monoisotopic (exact) mass is 332 g/mol. The predicted molar refractivity (Wildman–Crippen MR) is 99.6 cm³/mol. The molecule has 3 aromatic rings. The molecule has 7 heteroatoms. The van der Waals surface area contributed by atoms with Gasteiger partial charge in [-0.15, -0.1) is 0 Å². The molecule has 0 saturated heterocycles. The summed E-state index contributed by atoms with van der Waals surface area (Å²) in [5, 5.41) is 27.3. The zero-order valence-electron chi connectivity index (χ0n) is 13.4. The van der Waals surface area contributed by atoms with Gasteiger partial charge in [-0.3, -0.25) is 0 Å². The van der Waals surface area contributed by atoms with Gasteiger partial charge in [0, 0.05) is 17.1 Å². The number of nitrogens with zero attached hydrogens (tertiary/aromatic N) is 1. The van der Waals surface area contributed by atoms with Gasteiger partial charge >= 0.3 is 14.8 Å². The summed E-state index contributed by atoms with van der Waals surface area (Å²) in [6.07, 6.45) is 0. The Morgan fingerprint density at radius 2 is 1.24 bits per heavy atom. The maximum atomic E-state index is 9.27. The largest absolute Gasteiger partial charge is 0.569 e. The molecular weight excluding hydrogens is 316 g/mol. The van der Waals surface area contributed by atoms with Gasteiger partial charge in [-0.2, -0.15) is 0 Å². The van der Waals surface area contributed by atoms with Crippen LogP contribution in [0.4, 0.5) is 17.1 Å². The quantitative estimate of drug-likeness (QED) is 0.600. The molecule has 3 aromatic carbocycles. The third kappa shape index (κ3) is 4.03. The van der Waals surface area contributed by atoms with Crippen molar-refractivity contribution in [1.29, 1.82) is 0 Å². The van der Waals surface area contributed by atoms with E-state index >= 15 is 0 Å². The van der Waals surface area contributed by atoms with Crippen LogP contribution in [0.1, 0.15) is 0 Å². The second-order valence-electron chi connectivity index (χ2n) is 5.35. The van der Waals surface area contributed by atoms with Gasteiger partial charge in [0.25, 0.3) is 0 Å². The molecule has 123 valence electrons. The van der Waals surface area contributed by atoms with Crippen LogP contribution in [0.15, 0.2) is 78.9 Å². The average Bonchev–Trinajstić information content (AvgIpc) is 2.65. The third-order valence-electron chi connectivity index (χ3n) is 3.75. The predicted octanol–water partition coefficient (Wildman–Crippen LogP) is 1.74.